The van der Waals surface area contributed by atoms with Crippen LogP contribution in [0.2, 0.25) is 10.0 Å². The summed E-state index contributed by atoms with van der Waals surface area (Å²) in [5.41, 5.74) is 13.6. The zero-order chi connectivity index (χ0) is 14.7. The van der Waals surface area contributed by atoms with E-state index in [-0.39, 0.29) is 18.9 Å². The van der Waals surface area contributed by atoms with Crippen molar-refractivity contribution in [2.75, 3.05) is 0 Å². The van der Waals surface area contributed by atoms with Crippen LogP contribution in [0.25, 0.3) is 0 Å². The lowest BCUT2D eigenvalue weighted by Crippen LogP contribution is -2.13. The standard InChI is InChI=1S/C15H14Cl2N2O/c16-13-5-1-3-9(11(13)7-18)15(20)10-4-2-6-14(17)12(10)8-19/h1-6H,7-8,18-19H2. The minimum absolute atomic E-state index is 0.170. The maximum absolute atomic E-state index is 12.7. The van der Waals surface area contributed by atoms with Gasteiger partial charge in [-0.15, -0.1) is 0 Å². The summed E-state index contributed by atoms with van der Waals surface area (Å²) < 4.78 is 0. The molecule has 0 aliphatic rings. The van der Waals surface area contributed by atoms with Crippen molar-refractivity contribution >= 4 is 29.0 Å². The summed E-state index contributed by atoms with van der Waals surface area (Å²) in [4.78, 5) is 12.7. The molecule has 3 nitrogen and oxygen atoms in total. The van der Waals surface area contributed by atoms with Crippen molar-refractivity contribution in [2.24, 2.45) is 11.5 Å². The number of hydrogen-bond donors (Lipinski definition) is 2. The van der Waals surface area contributed by atoms with E-state index in [0.717, 1.165) is 0 Å². The van der Waals surface area contributed by atoms with Gasteiger partial charge in [0.2, 0.25) is 0 Å². The fourth-order valence-electron chi connectivity index (χ4n) is 2.10. The van der Waals surface area contributed by atoms with Gasteiger partial charge in [0.25, 0.3) is 0 Å². The lowest BCUT2D eigenvalue weighted by Gasteiger charge is -2.12. The van der Waals surface area contributed by atoms with Crippen LogP contribution in [-0.4, -0.2) is 5.78 Å². The first-order chi connectivity index (χ1) is 9.60. The van der Waals surface area contributed by atoms with Crippen LogP contribution in [-0.2, 0) is 13.1 Å². The normalized spacial score (nSPS) is 10.6. The highest BCUT2D eigenvalue weighted by Gasteiger charge is 2.18. The molecule has 5 heteroatoms. The molecule has 0 radical (unpaired) electrons. The quantitative estimate of drug-likeness (QED) is 0.853. The summed E-state index contributed by atoms with van der Waals surface area (Å²) in [6, 6.07) is 10.3. The minimum atomic E-state index is -0.170. The molecule has 0 fully saturated rings. The molecule has 0 amide bonds. The number of ketones is 1. The van der Waals surface area contributed by atoms with E-state index in [9.17, 15) is 4.79 Å². The van der Waals surface area contributed by atoms with Gasteiger partial charge in [0.1, 0.15) is 0 Å². The minimum Gasteiger partial charge on any atom is -0.326 e. The lowest BCUT2D eigenvalue weighted by molar-refractivity contribution is 0.103. The van der Waals surface area contributed by atoms with Gasteiger partial charge in [-0.3, -0.25) is 4.79 Å². The van der Waals surface area contributed by atoms with E-state index in [1.54, 1.807) is 36.4 Å². The predicted octanol–water partition coefficient (Wildman–Crippen LogP) is 3.14. The third-order valence-corrected chi connectivity index (χ3v) is 3.84. The third-order valence-electron chi connectivity index (χ3n) is 3.14. The highest BCUT2D eigenvalue weighted by atomic mass is 35.5. The van der Waals surface area contributed by atoms with Crippen molar-refractivity contribution in [1.29, 1.82) is 0 Å². The van der Waals surface area contributed by atoms with Gasteiger partial charge < -0.3 is 11.5 Å². The summed E-state index contributed by atoms with van der Waals surface area (Å²) >= 11 is 12.2. The van der Waals surface area contributed by atoms with Crippen LogP contribution in [0.3, 0.4) is 0 Å². The van der Waals surface area contributed by atoms with Crippen LogP contribution in [0.4, 0.5) is 0 Å². The van der Waals surface area contributed by atoms with Gasteiger partial charge in [-0.2, -0.15) is 0 Å². The highest BCUT2D eigenvalue weighted by molar-refractivity contribution is 6.33. The number of carbonyl (C=O) groups is 1. The average molecular weight is 309 g/mol. The second kappa shape index (κ2) is 6.37. The molecule has 4 N–H and O–H groups in total. The zero-order valence-electron chi connectivity index (χ0n) is 10.7. The molecular formula is C15H14Cl2N2O. The van der Waals surface area contributed by atoms with Gasteiger partial charge in [-0.1, -0.05) is 47.5 Å². The Morgan fingerprint density at radius 2 is 1.25 bits per heavy atom. The van der Waals surface area contributed by atoms with Crippen LogP contribution in [0.1, 0.15) is 27.0 Å². The van der Waals surface area contributed by atoms with Crippen LogP contribution < -0.4 is 11.5 Å². The van der Waals surface area contributed by atoms with Crippen molar-refractivity contribution in [1.82, 2.24) is 0 Å². The third kappa shape index (κ3) is 2.72. The SMILES string of the molecule is NCc1c(Cl)cccc1C(=O)c1cccc(Cl)c1CN. The fraction of sp³-hybridized carbons (Fsp3) is 0.133. The Bertz CT molecular complexity index is 601. The summed E-state index contributed by atoms with van der Waals surface area (Å²) in [5, 5.41) is 0.962. The Labute approximate surface area is 127 Å². The summed E-state index contributed by atoms with van der Waals surface area (Å²) in [5.74, 6) is -0.170. The molecular weight excluding hydrogens is 295 g/mol. The van der Waals surface area contributed by atoms with E-state index in [1.807, 2.05) is 0 Å². The summed E-state index contributed by atoms with van der Waals surface area (Å²) in [6.45, 7) is 0.387. The first kappa shape index (κ1) is 15.0. The highest BCUT2D eigenvalue weighted by Crippen LogP contribution is 2.26. The molecule has 0 aliphatic heterocycles. The van der Waals surface area contributed by atoms with Crippen molar-refractivity contribution in [2.45, 2.75) is 13.1 Å². The van der Waals surface area contributed by atoms with Crippen LogP contribution in [0, 0.1) is 0 Å². The number of halogens is 2. The molecule has 0 saturated heterocycles. The zero-order valence-corrected chi connectivity index (χ0v) is 12.2. The molecule has 2 rings (SSSR count). The number of nitrogens with two attached hydrogens (primary N) is 2. The molecule has 0 aliphatic carbocycles. The van der Waals surface area contributed by atoms with Gasteiger partial charge in [-0.25, -0.2) is 0 Å². The van der Waals surface area contributed by atoms with E-state index < -0.39 is 0 Å². The van der Waals surface area contributed by atoms with Crippen molar-refractivity contribution in [3.8, 4) is 0 Å². The van der Waals surface area contributed by atoms with Crippen LogP contribution in [0.15, 0.2) is 36.4 Å². The van der Waals surface area contributed by atoms with Crippen molar-refractivity contribution in [3.63, 3.8) is 0 Å². The molecule has 20 heavy (non-hydrogen) atoms. The Morgan fingerprint density at radius 1 is 0.850 bits per heavy atom. The molecule has 0 saturated carbocycles. The van der Waals surface area contributed by atoms with Crippen LogP contribution in [0.5, 0.6) is 0 Å². The monoisotopic (exact) mass is 308 g/mol. The second-order valence-electron chi connectivity index (χ2n) is 4.27. The fourth-order valence-corrected chi connectivity index (χ4v) is 2.61. The average Bonchev–Trinajstić information content (AvgIpc) is 2.46. The largest absolute Gasteiger partial charge is 0.326 e. The first-order valence-corrected chi connectivity index (χ1v) is 6.85. The molecule has 0 bridgehead atoms. The molecule has 0 atom stereocenters. The van der Waals surface area contributed by atoms with Gasteiger partial charge in [0.05, 0.1) is 0 Å². The predicted molar refractivity (Wildman–Crippen MR) is 82.1 cm³/mol. The lowest BCUT2D eigenvalue weighted by atomic mass is 9.95. The maximum atomic E-state index is 12.7. The van der Waals surface area contributed by atoms with E-state index in [1.165, 1.54) is 0 Å². The van der Waals surface area contributed by atoms with E-state index >= 15 is 0 Å². The Hall–Kier alpha value is -1.39. The van der Waals surface area contributed by atoms with Gasteiger partial charge in [0.15, 0.2) is 5.78 Å². The first-order valence-electron chi connectivity index (χ1n) is 6.09. The van der Waals surface area contributed by atoms with Crippen LogP contribution >= 0.6 is 23.2 Å². The summed E-state index contributed by atoms with van der Waals surface area (Å²) in [7, 11) is 0. The second-order valence-corrected chi connectivity index (χ2v) is 5.08. The Kier molecular flexibility index (Phi) is 4.78. The van der Waals surface area contributed by atoms with E-state index in [2.05, 4.69) is 0 Å². The van der Waals surface area contributed by atoms with Gasteiger partial charge in [-0.05, 0) is 23.3 Å². The number of benzene rings is 2. The van der Waals surface area contributed by atoms with Crippen molar-refractivity contribution < 1.29 is 4.79 Å². The number of rotatable bonds is 4. The molecule has 0 unspecified atom stereocenters. The Morgan fingerprint density at radius 3 is 1.60 bits per heavy atom. The number of hydrogen-bond acceptors (Lipinski definition) is 3. The van der Waals surface area contributed by atoms with E-state index in [4.69, 9.17) is 34.7 Å². The summed E-state index contributed by atoms with van der Waals surface area (Å²) in [6.07, 6.45) is 0. The Balaban J connectivity index is 2.58. The maximum Gasteiger partial charge on any atom is 0.193 e. The number of carbonyl (C=O) groups excluding carboxylic acids is 1. The van der Waals surface area contributed by atoms with Crippen molar-refractivity contribution in [3.05, 3.63) is 68.7 Å². The molecule has 2 aromatic carbocycles. The van der Waals surface area contributed by atoms with E-state index in [0.29, 0.717) is 32.3 Å². The molecule has 2 aromatic rings. The molecule has 0 aromatic heterocycles. The molecule has 0 spiro atoms. The molecule has 0 heterocycles. The van der Waals surface area contributed by atoms with Gasteiger partial charge in [0, 0.05) is 34.3 Å². The van der Waals surface area contributed by atoms with Gasteiger partial charge >= 0.3 is 0 Å². The smallest absolute Gasteiger partial charge is 0.193 e. The topological polar surface area (TPSA) is 69.1 Å². The molecule has 104 valence electrons.